The fourth-order valence-electron chi connectivity index (χ4n) is 3.09. The molecule has 1 aliphatic rings. The van der Waals surface area contributed by atoms with Crippen molar-refractivity contribution in [2.24, 2.45) is 0 Å². The predicted molar refractivity (Wildman–Crippen MR) is 111 cm³/mol. The third kappa shape index (κ3) is 5.98. The van der Waals surface area contributed by atoms with E-state index in [0.29, 0.717) is 0 Å². The lowest BCUT2D eigenvalue weighted by Gasteiger charge is -2.18. The zero-order chi connectivity index (χ0) is 24.1. The maximum Gasteiger partial charge on any atom is 0.288 e. The van der Waals surface area contributed by atoms with Crippen molar-refractivity contribution < 1.29 is 27.2 Å². The molecule has 0 bridgehead atoms. The molecule has 3 rings (SSSR count). The van der Waals surface area contributed by atoms with Gasteiger partial charge in [-0.05, 0) is 24.6 Å². The molecule has 12 heteroatoms. The molecule has 1 aromatic heterocycles. The Labute approximate surface area is 185 Å². The van der Waals surface area contributed by atoms with Crippen LogP contribution in [0.4, 0.5) is 23.2 Å². The minimum absolute atomic E-state index is 0.123. The molecule has 0 fully saturated rings. The highest BCUT2D eigenvalue weighted by atomic mass is 19.1. The van der Waals surface area contributed by atoms with E-state index in [2.05, 4.69) is 16.3 Å². The molecule has 0 aliphatic carbocycles. The summed E-state index contributed by atoms with van der Waals surface area (Å²) in [5, 5.41) is 3.45. The Morgan fingerprint density at radius 3 is 2.48 bits per heavy atom. The van der Waals surface area contributed by atoms with E-state index in [9.17, 15) is 31.9 Å². The van der Waals surface area contributed by atoms with E-state index in [1.807, 2.05) is 0 Å². The van der Waals surface area contributed by atoms with Crippen molar-refractivity contribution >= 4 is 17.4 Å². The van der Waals surface area contributed by atoms with Crippen LogP contribution in [0.1, 0.15) is 18.9 Å². The van der Waals surface area contributed by atoms with Gasteiger partial charge in [-0.15, -0.1) is 5.53 Å². The van der Waals surface area contributed by atoms with Gasteiger partial charge >= 0.3 is 0 Å². The monoisotopic (exact) mass is 467 g/mol. The number of alkyl halides is 1. The number of Topliss-reactive ketones (excluding diaryl/α,β-unsaturated/α-hetero) is 1. The summed E-state index contributed by atoms with van der Waals surface area (Å²) < 4.78 is 57.0. The number of hydrogen-bond acceptors (Lipinski definition) is 6. The molecule has 1 aromatic carbocycles. The SMILES string of the molecule is CC(=O)C1=CN(CC(F)CCn2ccc(NC(=O)Cc3c(F)cccc3F)c(F)c2=O)NN1. The zero-order valence-electron chi connectivity index (χ0n) is 17.5. The average Bonchev–Trinajstić information content (AvgIpc) is 3.22. The first-order valence-corrected chi connectivity index (χ1v) is 9.92. The summed E-state index contributed by atoms with van der Waals surface area (Å²) in [5.74, 6) is -4.27. The first-order chi connectivity index (χ1) is 15.7. The molecule has 2 heterocycles. The molecule has 1 atom stereocenters. The van der Waals surface area contributed by atoms with Gasteiger partial charge < -0.3 is 9.88 Å². The van der Waals surface area contributed by atoms with Crippen molar-refractivity contribution in [1.29, 1.82) is 0 Å². The van der Waals surface area contributed by atoms with E-state index >= 15 is 0 Å². The molecule has 2 aromatic rings. The number of halogens is 4. The molecule has 176 valence electrons. The summed E-state index contributed by atoms with van der Waals surface area (Å²) in [4.78, 5) is 35.5. The summed E-state index contributed by atoms with van der Waals surface area (Å²) in [5.41, 5.74) is 3.44. The van der Waals surface area contributed by atoms with Gasteiger partial charge in [0.2, 0.25) is 11.7 Å². The van der Waals surface area contributed by atoms with Crippen LogP contribution in [0, 0.1) is 17.5 Å². The number of carbonyl (C=O) groups excluding carboxylic acids is 2. The number of aromatic nitrogens is 1. The minimum Gasteiger partial charge on any atom is -0.323 e. The average molecular weight is 467 g/mol. The smallest absolute Gasteiger partial charge is 0.288 e. The number of hydrazine groups is 2. The molecule has 0 spiro atoms. The lowest BCUT2D eigenvalue weighted by molar-refractivity contribution is -0.116. The van der Waals surface area contributed by atoms with Gasteiger partial charge in [0.25, 0.3) is 5.56 Å². The molecule has 1 amide bonds. The number of nitrogens with one attached hydrogen (secondary N) is 3. The molecule has 3 N–H and O–H groups in total. The minimum atomic E-state index is -1.41. The quantitative estimate of drug-likeness (QED) is 0.488. The van der Waals surface area contributed by atoms with Crippen molar-refractivity contribution in [3.8, 4) is 0 Å². The highest BCUT2D eigenvalue weighted by Crippen LogP contribution is 2.15. The number of rotatable bonds is 9. The molecule has 0 radical (unpaired) electrons. The molecule has 33 heavy (non-hydrogen) atoms. The van der Waals surface area contributed by atoms with Crippen LogP contribution in [-0.2, 0) is 22.6 Å². The third-order valence-corrected chi connectivity index (χ3v) is 4.86. The number of aryl methyl sites for hydroxylation is 1. The van der Waals surface area contributed by atoms with E-state index in [1.165, 1.54) is 24.3 Å². The number of anilines is 1. The first kappa shape index (κ1) is 24.0. The molecule has 8 nitrogen and oxygen atoms in total. The lowest BCUT2D eigenvalue weighted by Crippen LogP contribution is -2.40. The van der Waals surface area contributed by atoms with Crippen LogP contribution in [0.3, 0.4) is 0 Å². The molecule has 1 unspecified atom stereocenters. The lowest BCUT2D eigenvalue weighted by atomic mass is 10.1. The van der Waals surface area contributed by atoms with E-state index < -0.39 is 52.8 Å². The summed E-state index contributed by atoms with van der Waals surface area (Å²) in [6.07, 6.45) is 0.363. The maximum absolute atomic E-state index is 14.4. The normalized spacial score (nSPS) is 14.0. The maximum atomic E-state index is 14.4. The molecule has 0 saturated carbocycles. The van der Waals surface area contributed by atoms with Crippen LogP contribution >= 0.6 is 0 Å². The number of nitrogens with zero attached hydrogens (tertiary/aromatic N) is 2. The van der Waals surface area contributed by atoms with E-state index in [1.54, 1.807) is 0 Å². The highest BCUT2D eigenvalue weighted by molar-refractivity contribution is 5.93. The molecule has 0 saturated heterocycles. The van der Waals surface area contributed by atoms with Crippen molar-refractivity contribution in [2.45, 2.75) is 32.5 Å². The number of amides is 1. The van der Waals surface area contributed by atoms with Crippen LogP contribution in [-0.4, -0.2) is 34.0 Å². The second-order valence-electron chi connectivity index (χ2n) is 7.34. The third-order valence-electron chi connectivity index (χ3n) is 4.86. The number of benzene rings is 1. The van der Waals surface area contributed by atoms with Gasteiger partial charge in [0, 0.05) is 31.4 Å². The predicted octanol–water partition coefficient (Wildman–Crippen LogP) is 1.93. The van der Waals surface area contributed by atoms with Crippen LogP contribution in [0.25, 0.3) is 0 Å². The summed E-state index contributed by atoms with van der Waals surface area (Å²) in [6.45, 7) is 1.08. The highest BCUT2D eigenvalue weighted by Gasteiger charge is 2.20. The topological polar surface area (TPSA) is 95.5 Å². The molecular weight excluding hydrogens is 446 g/mol. The van der Waals surface area contributed by atoms with Crippen LogP contribution in [0.15, 0.2) is 47.2 Å². The van der Waals surface area contributed by atoms with Crippen molar-refractivity contribution in [1.82, 2.24) is 20.5 Å². The number of pyridine rings is 1. The van der Waals surface area contributed by atoms with E-state index in [-0.39, 0.29) is 31.0 Å². The largest absolute Gasteiger partial charge is 0.323 e. The van der Waals surface area contributed by atoms with Gasteiger partial charge in [0.15, 0.2) is 5.78 Å². The second kappa shape index (κ2) is 10.3. The fraction of sp³-hybridized carbons (Fsp3) is 0.286. The van der Waals surface area contributed by atoms with Crippen molar-refractivity contribution in [3.63, 3.8) is 0 Å². The van der Waals surface area contributed by atoms with Gasteiger partial charge in [-0.25, -0.2) is 13.2 Å². The number of allylic oxidation sites excluding steroid dienone is 1. The molecule has 1 aliphatic heterocycles. The zero-order valence-corrected chi connectivity index (χ0v) is 17.5. The number of hydrogen-bond donors (Lipinski definition) is 3. The Balaban J connectivity index is 1.58. The van der Waals surface area contributed by atoms with Gasteiger partial charge in [0.05, 0.1) is 18.7 Å². The summed E-state index contributed by atoms with van der Waals surface area (Å²) >= 11 is 0. The Morgan fingerprint density at radius 1 is 1.15 bits per heavy atom. The van der Waals surface area contributed by atoms with Crippen molar-refractivity contribution in [2.75, 3.05) is 11.9 Å². The Bertz CT molecular complexity index is 1130. The summed E-state index contributed by atoms with van der Waals surface area (Å²) in [6, 6.07) is 4.22. The van der Waals surface area contributed by atoms with Crippen molar-refractivity contribution in [3.05, 3.63) is 75.7 Å². The standard InChI is InChI=1S/C21H21F4N5O3/c1-12(31)18-11-30(28-27-18)10-13(22)5-7-29-8-6-17(20(25)21(29)33)26-19(32)9-14-15(23)3-2-4-16(14)24/h2-4,6,8,11,13,27-28H,5,7,9-10H2,1H3,(H,26,32). The number of carbonyl (C=O) groups is 2. The Kier molecular flexibility index (Phi) is 7.48. The van der Waals surface area contributed by atoms with Crippen LogP contribution in [0.5, 0.6) is 0 Å². The number of ketones is 1. The first-order valence-electron chi connectivity index (χ1n) is 9.92. The Hall–Kier alpha value is -3.67. The second-order valence-corrected chi connectivity index (χ2v) is 7.34. The van der Waals surface area contributed by atoms with Gasteiger partial charge in [-0.1, -0.05) is 6.07 Å². The van der Waals surface area contributed by atoms with Crippen LogP contribution in [0.2, 0.25) is 0 Å². The fourth-order valence-corrected chi connectivity index (χ4v) is 3.09. The molecular formula is C21H21F4N5O3. The van der Waals surface area contributed by atoms with E-state index in [4.69, 9.17) is 0 Å². The summed E-state index contributed by atoms with van der Waals surface area (Å²) in [7, 11) is 0. The Morgan fingerprint density at radius 2 is 1.85 bits per heavy atom. The van der Waals surface area contributed by atoms with Gasteiger partial charge in [0.1, 0.15) is 23.5 Å². The van der Waals surface area contributed by atoms with E-state index in [0.717, 1.165) is 28.8 Å². The van der Waals surface area contributed by atoms with Gasteiger partial charge in [-0.2, -0.15) is 4.39 Å². The van der Waals surface area contributed by atoms with Crippen LogP contribution < -0.4 is 21.8 Å². The van der Waals surface area contributed by atoms with Gasteiger partial charge in [-0.3, -0.25) is 24.8 Å².